The lowest BCUT2D eigenvalue weighted by Gasteiger charge is -2.31. The van der Waals surface area contributed by atoms with Gasteiger partial charge in [-0.1, -0.05) is 20.3 Å². The van der Waals surface area contributed by atoms with E-state index < -0.39 is 0 Å². The van der Waals surface area contributed by atoms with Gasteiger partial charge in [0.15, 0.2) is 5.79 Å². The maximum absolute atomic E-state index is 11.8. The lowest BCUT2D eigenvalue weighted by Crippen LogP contribution is -2.34. The molecule has 0 amide bonds. The molecule has 2 aliphatic heterocycles. The van der Waals surface area contributed by atoms with E-state index in [1.165, 1.54) is 0 Å². The Balaban J connectivity index is 0.000000970. The molecule has 0 aromatic carbocycles. The first-order valence-corrected chi connectivity index (χ1v) is 9.59. The van der Waals surface area contributed by atoms with Crippen molar-refractivity contribution in [1.29, 1.82) is 0 Å². The van der Waals surface area contributed by atoms with Crippen LogP contribution in [-0.4, -0.2) is 42.7 Å². The van der Waals surface area contributed by atoms with Crippen molar-refractivity contribution in [3.05, 3.63) is 0 Å². The van der Waals surface area contributed by atoms with E-state index in [1.807, 2.05) is 6.92 Å². The predicted molar refractivity (Wildman–Crippen MR) is 94.1 cm³/mol. The summed E-state index contributed by atoms with van der Waals surface area (Å²) in [5, 5.41) is 6.89. The van der Waals surface area contributed by atoms with E-state index in [0.717, 1.165) is 64.6 Å². The van der Waals surface area contributed by atoms with E-state index >= 15 is 0 Å². The fourth-order valence-corrected chi connectivity index (χ4v) is 3.83. The van der Waals surface area contributed by atoms with E-state index in [2.05, 4.69) is 13.8 Å². The van der Waals surface area contributed by atoms with Crippen molar-refractivity contribution in [2.75, 3.05) is 13.2 Å². The van der Waals surface area contributed by atoms with Gasteiger partial charge < -0.3 is 19.3 Å². The Morgan fingerprint density at radius 1 is 1.20 bits per heavy atom. The van der Waals surface area contributed by atoms with Crippen molar-refractivity contribution in [1.82, 2.24) is 0 Å². The van der Waals surface area contributed by atoms with Crippen LogP contribution in [0, 0.1) is 11.8 Å². The standard InChI is InChI=1S/C18H32O4.CH2O2/c1-4-15-16(14(3)22-17(15)19)10-6-7-11-18(5-2)20-12-8-9-13-21-18;2-1-3/h14-16H,4-13H2,1-3H3;1H,(H,2,3). The SMILES string of the molecule is CCC1C(=O)OC(C)C1CCCCC1(CC)OCCCCO1.O=CO. The van der Waals surface area contributed by atoms with Gasteiger partial charge in [-0.2, -0.15) is 0 Å². The smallest absolute Gasteiger partial charge is 0.309 e. The largest absolute Gasteiger partial charge is 0.483 e. The summed E-state index contributed by atoms with van der Waals surface area (Å²) in [6.07, 6.45) is 8.27. The number of hydrogen-bond donors (Lipinski definition) is 1. The van der Waals surface area contributed by atoms with Crippen LogP contribution in [0.25, 0.3) is 0 Å². The second-order valence-corrected chi connectivity index (χ2v) is 6.84. The van der Waals surface area contributed by atoms with Crippen LogP contribution in [0.4, 0.5) is 0 Å². The molecular formula is C19H34O6. The van der Waals surface area contributed by atoms with Gasteiger partial charge >= 0.3 is 5.97 Å². The summed E-state index contributed by atoms with van der Waals surface area (Å²) in [6.45, 7) is 7.63. The highest BCUT2D eigenvalue weighted by molar-refractivity contribution is 5.75. The van der Waals surface area contributed by atoms with Gasteiger partial charge in [0.05, 0.1) is 19.1 Å². The fraction of sp³-hybridized carbons (Fsp3) is 0.895. The molecule has 2 saturated heterocycles. The van der Waals surface area contributed by atoms with Crippen molar-refractivity contribution in [2.45, 2.75) is 84.0 Å². The van der Waals surface area contributed by atoms with Crippen LogP contribution in [0.2, 0.25) is 0 Å². The fourth-order valence-electron chi connectivity index (χ4n) is 3.83. The van der Waals surface area contributed by atoms with E-state index in [-0.39, 0.29) is 30.3 Å². The van der Waals surface area contributed by atoms with Gasteiger partial charge in [0, 0.05) is 12.3 Å². The van der Waals surface area contributed by atoms with E-state index in [1.54, 1.807) is 0 Å². The highest BCUT2D eigenvalue weighted by Gasteiger charge is 2.40. The van der Waals surface area contributed by atoms with Gasteiger partial charge in [-0.05, 0) is 45.4 Å². The Morgan fingerprint density at radius 2 is 1.80 bits per heavy atom. The molecule has 3 atom stereocenters. The van der Waals surface area contributed by atoms with Crippen molar-refractivity contribution in [3.8, 4) is 0 Å². The van der Waals surface area contributed by atoms with Crippen LogP contribution in [0.3, 0.4) is 0 Å². The molecule has 0 spiro atoms. The Bertz CT molecular complexity index is 389. The topological polar surface area (TPSA) is 82.1 Å². The molecule has 3 unspecified atom stereocenters. The number of hydrogen-bond acceptors (Lipinski definition) is 5. The summed E-state index contributed by atoms with van der Waals surface area (Å²) < 4.78 is 17.4. The molecule has 0 aromatic rings. The van der Waals surface area contributed by atoms with Gasteiger partial charge in [-0.3, -0.25) is 9.59 Å². The van der Waals surface area contributed by atoms with Crippen LogP contribution in [0.1, 0.15) is 72.1 Å². The van der Waals surface area contributed by atoms with Crippen LogP contribution in [0.15, 0.2) is 0 Å². The summed E-state index contributed by atoms with van der Waals surface area (Å²) in [7, 11) is 0. The quantitative estimate of drug-likeness (QED) is 0.424. The van der Waals surface area contributed by atoms with E-state index in [9.17, 15) is 4.79 Å². The average molecular weight is 358 g/mol. The van der Waals surface area contributed by atoms with Gasteiger partial charge in [0.1, 0.15) is 6.10 Å². The van der Waals surface area contributed by atoms with Crippen LogP contribution < -0.4 is 0 Å². The average Bonchev–Trinajstić information content (AvgIpc) is 2.76. The molecule has 2 heterocycles. The highest BCUT2D eigenvalue weighted by Crippen LogP contribution is 2.35. The zero-order valence-electron chi connectivity index (χ0n) is 15.9. The minimum absolute atomic E-state index is 0.000429. The van der Waals surface area contributed by atoms with Gasteiger partial charge in [0.25, 0.3) is 6.47 Å². The third kappa shape index (κ3) is 6.59. The molecule has 25 heavy (non-hydrogen) atoms. The molecule has 1 N–H and O–H groups in total. The molecule has 2 aliphatic rings. The Labute approximate surface area is 151 Å². The number of rotatable bonds is 7. The zero-order valence-corrected chi connectivity index (χ0v) is 15.9. The summed E-state index contributed by atoms with van der Waals surface area (Å²) in [5.74, 6) is 0.112. The van der Waals surface area contributed by atoms with Crippen LogP contribution in [-0.2, 0) is 23.8 Å². The van der Waals surface area contributed by atoms with Gasteiger partial charge in [0.2, 0.25) is 0 Å². The zero-order chi connectivity index (χ0) is 18.7. The summed E-state index contributed by atoms with van der Waals surface area (Å²) in [6, 6.07) is 0. The molecule has 2 rings (SSSR count). The molecule has 6 heteroatoms. The Morgan fingerprint density at radius 3 is 2.32 bits per heavy atom. The number of esters is 1. The lowest BCUT2D eigenvalue weighted by molar-refractivity contribution is -0.231. The number of cyclic esters (lactones) is 1. The predicted octanol–water partition coefficient (Wildman–Crippen LogP) is 3.77. The monoisotopic (exact) mass is 358 g/mol. The van der Waals surface area contributed by atoms with Crippen molar-refractivity contribution < 1.29 is 28.9 Å². The minimum atomic E-state index is -0.367. The second kappa shape index (κ2) is 11.5. The van der Waals surface area contributed by atoms with Crippen molar-refractivity contribution in [3.63, 3.8) is 0 Å². The third-order valence-electron chi connectivity index (χ3n) is 5.32. The molecule has 6 nitrogen and oxygen atoms in total. The number of carboxylic acid groups (broad SMARTS) is 1. The van der Waals surface area contributed by atoms with Gasteiger partial charge in [-0.25, -0.2) is 0 Å². The molecule has 146 valence electrons. The molecule has 0 aliphatic carbocycles. The maximum atomic E-state index is 11.8. The minimum Gasteiger partial charge on any atom is -0.483 e. The lowest BCUT2D eigenvalue weighted by atomic mass is 9.84. The molecule has 0 bridgehead atoms. The first-order chi connectivity index (χ1) is 12.0. The summed E-state index contributed by atoms with van der Waals surface area (Å²) >= 11 is 0. The normalized spacial score (nSPS) is 28.4. The molecule has 0 aromatic heterocycles. The van der Waals surface area contributed by atoms with E-state index in [0.29, 0.717) is 5.92 Å². The molecular weight excluding hydrogens is 324 g/mol. The molecule has 0 radical (unpaired) electrons. The first kappa shape index (κ1) is 21.9. The summed E-state index contributed by atoms with van der Waals surface area (Å²) in [5.41, 5.74) is 0. The number of unbranched alkanes of at least 4 members (excludes halogenated alkanes) is 1. The number of carbonyl (C=O) groups excluding carboxylic acids is 1. The Kier molecular flexibility index (Phi) is 10.0. The summed E-state index contributed by atoms with van der Waals surface area (Å²) in [4.78, 5) is 20.1. The second-order valence-electron chi connectivity index (χ2n) is 6.84. The van der Waals surface area contributed by atoms with Gasteiger partial charge in [-0.15, -0.1) is 0 Å². The van der Waals surface area contributed by atoms with Crippen molar-refractivity contribution in [2.24, 2.45) is 11.8 Å². The molecule has 0 saturated carbocycles. The third-order valence-corrected chi connectivity index (χ3v) is 5.32. The van der Waals surface area contributed by atoms with Crippen LogP contribution in [0.5, 0.6) is 0 Å². The highest BCUT2D eigenvalue weighted by atomic mass is 16.7. The number of carbonyl (C=O) groups is 2. The van der Waals surface area contributed by atoms with Crippen LogP contribution >= 0.6 is 0 Å². The number of ether oxygens (including phenoxy) is 3. The maximum Gasteiger partial charge on any atom is 0.309 e. The van der Waals surface area contributed by atoms with Crippen molar-refractivity contribution >= 4 is 12.4 Å². The molecule has 2 fully saturated rings. The van der Waals surface area contributed by atoms with E-state index in [4.69, 9.17) is 24.1 Å². The Hall–Kier alpha value is -1.14. The first-order valence-electron chi connectivity index (χ1n) is 9.59.